The Balaban J connectivity index is -0.000000605. The molecule has 0 aromatic carbocycles. The maximum absolute atomic E-state index is 10.9. The monoisotopic (exact) mass is 262 g/mol. The van der Waals surface area contributed by atoms with Crippen molar-refractivity contribution in [2.45, 2.75) is 13.3 Å². The van der Waals surface area contributed by atoms with Crippen molar-refractivity contribution in [3.05, 3.63) is 0 Å². The minimum absolute atomic E-state index is 0. The number of nitrogens with two attached hydrogens (primary N) is 1. The first-order valence-corrected chi connectivity index (χ1v) is 4.75. The predicted molar refractivity (Wildman–Crippen MR) is 64.3 cm³/mol. The van der Waals surface area contributed by atoms with E-state index in [4.69, 9.17) is 5.73 Å². The van der Waals surface area contributed by atoms with Crippen molar-refractivity contribution >= 4 is 47.6 Å². The van der Waals surface area contributed by atoms with Crippen LogP contribution in [-0.4, -0.2) is 29.9 Å². The molecule has 0 unspecified atom stereocenters. The molecule has 0 saturated carbocycles. The molecule has 0 saturated heterocycles. The summed E-state index contributed by atoms with van der Waals surface area (Å²) in [6.07, 6.45) is 0.407. The van der Waals surface area contributed by atoms with Gasteiger partial charge in [0.05, 0.1) is 0 Å². The molecule has 0 fully saturated rings. The summed E-state index contributed by atoms with van der Waals surface area (Å²) in [6.45, 7) is 2.38. The summed E-state index contributed by atoms with van der Waals surface area (Å²) < 4.78 is 0. The van der Waals surface area contributed by atoms with Crippen LogP contribution in [0.3, 0.4) is 0 Å². The van der Waals surface area contributed by atoms with Crippen molar-refractivity contribution in [1.29, 1.82) is 0 Å². The van der Waals surface area contributed by atoms with Gasteiger partial charge in [-0.1, -0.05) is 11.8 Å². The Morgan fingerprint density at radius 2 is 1.93 bits per heavy atom. The molecular formula is C7H16Cl2N2O2S. The highest BCUT2D eigenvalue weighted by atomic mass is 35.5. The van der Waals surface area contributed by atoms with Gasteiger partial charge in [-0.05, 0) is 0 Å². The Morgan fingerprint density at radius 1 is 1.36 bits per heavy atom. The zero-order valence-electron chi connectivity index (χ0n) is 7.95. The van der Waals surface area contributed by atoms with Crippen LogP contribution in [0.15, 0.2) is 0 Å². The van der Waals surface area contributed by atoms with Gasteiger partial charge >= 0.3 is 0 Å². The lowest BCUT2D eigenvalue weighted by molar-refractivity contribution is -0.118. The van der Waals surface area contributed by atoms with Crippen LogP contribution in [-0.2, 0) is 9.59 Å². The van der Waals surface area contributed by atoms with Crippen LogP contribution in [0.5, 0.6) is 0 Å². The summed E-state index contributed by atoms with van der Waals surface area (Å²) in [5, 5.41) is 2.69. The first-order valence-electron chi connectivity index (χ1n) is 3.77. The Kier molecular flexibility index (Phi) is 18.2. The highest BCUT2D eigenvalue weighted by molar-refractivity contribution is 8.13. The molecule has 3 N–H and O–H groups in total. The number of thioether (sulfide) groups is 1. The molecule has 1 amide bonds. The second kappa shape index (κ2) is 13.0. The van der Waals surface area contributed by atoms with E-state index in [9.17, 15) is 9.59 Å². The van der Waals surface area contributed by atoms with Crippen molar-refractivity contribution in [2.24, 2.45) is 5.73 Å². The molecular weight excluding hydrogens is 247 g/mol. The molecule has 0 atom stereocenters. The number of halogens is 2. The molecule has 14 heavy (non-hydrogen) atoms. The molecule has 4 nitrogen and oxygen atoms in total. The molecule has 0 heterocycles. The van der Waals surface area contributed by atoms with Crippen LogP contribution in [0.4, 0.5) is 0 Å². The fourth-order valence-electron chi connectivity index (χ4n) is 0.582. The van der Waals surface area contributed by atoms with Crippen LogP contribution >= 0.6 is 36.6 Å². The molecule has 0 aliphatic carbocycles. The predicted octanol–water partition coefficient (Wildman–Crippen LogP) is 0.575. The second-order valence-corrected chi connectivity index (χ2v) is 3.39. The SMILES string of the molecule is CC(=O)NCCSC(=O)CCN.Cl.Cl. The summed E-state index contributed by atoms with van der Waals surface area (Å²) in [5.41, 5.74) is 5.18. The van der Waals surface area contributed by atoms with Gasteiger partial charge in [0.1, 0.15) is 0 Å². The van der Waals surface area contributed by atoms with Crippen molar-refractivity contribution in [2.75, 3.05) is 18.8 Å². The Labute approximate surface area is 101 Å². The quantitative estimate of drug-likeness (QED) is 0.711. The first-order chi connectivity index (χ1) is 5.66. The van der Waals surface area contributed by atoms with Gasteiger partial charge in [-0.15, -0.1) is 24.8 Å². The third-order valence-corrected chi connectivity index (χ3v) is 2.02. The zero-order valence-corrected chi connectivity index (χ0v) is 10.4. The maximum atomic E-state index is 10.9. The minimum Gasteiger partial charge on any atom is -0.356 e. The summed E-state index contributed by atoms with van der Waals surface area (Å²) in [7, 11) is 0. The highest BCUT2D eigenvalue weighted by Gasteiger charge is 2.00. The fraction of sp³-hybridized carbons (Fsp3) is 0.714. The number of hydrogen-bond acceptors (Lipinski definition) is 4. The number of rotatable bonds is 5. The highest BCUT2D eigenvalue weighted by Crippen LogP contribution is 2.02. The van der Waals surface area contributed by atoms with Crippen molar-refractivity contribution < 1.29 is 9.59 Å². The zero-order chi connectivity index (χ0) is 9.40. The van der Waals surface area contributed by atoms with Gasteiger partial charge in [-0.25, -0.2) is 0 Å². The average Bonchev–Trinajstić information content (AvgIpc) is 1.98. The summed E-state index contributed by atoms with van der Waals surface area (Å²) in [5.74, 6) is 0.556. The molecule has 0 aliphatic heterocycles. The first kappa shape index (κ1) is 19.6. The summed E-state index contributed by atoms with van der Waals surface area (Å²) in [4.78, 5) is 21.2. The smallest absolute Gasteiger partial charge is 0.216 e. The van der Waals surface area contributed by atoms with Crippen LogP contribution in [0.2, 0.25) is 0 Å². The lowest BCUT2D eigenvalue weighted by atomic mass is 10.5. The van der Waals surface area contributed by atoms with E-state index in [1.165, 1.54) is 18.7 Å². The van der Waals surface area contributed by atoms with E-state index in [0.717, 1.165) is 0 Å². The maximum Gasteiger partial charge on any atom is 0.216 e. The molecule has 0 rings (SSSR count). The standard InChI is InChI=1S/C7H14N2O2S.2ClH/c1-6(10)9-4-5-12-7(11)2-3-8;;/h2-5,8H2,1H3,(H,9,10);2*1H. The van der Waals surface area contributed by atoms with Gasteiger partial charge in [0.25, 0.3) is 0 Å². The average molecular weight is 263 g/mol. The van der Waals surface area contributed by atoms with Gasteiger partial charge < -0.3 is 11.1 Å². The lowest BCUT2D eigenvalue weighted by Crippen LogP contribution is -2.22. The van der Waals surface area contributed by atoms with Gasteiger partial charge in [-0.2, -0.15) is 0 Å². The second-order valence-electron chi connectivity index (χ2n) is 2.24. The number of carbonyl (C=O) groups is 2. The van der Waals surface area contributed by atoms with Crippen LogP contribution in [0.25, 0.3) is 0 Å². The topological polar surface area (TPSA) is 72.2 Å². The van der Waals surface area contributed by atoms with Crippen molar-refractivity contribution in [1.82, 2.24) is 5.32 Å². The Hall–Kier alpha value is 0.0300. The van der Waals surface area contributed by atoms with E-state index >= 15 is 0 Å². The van der Waals surface area contributed by atoms with E-state index in [1.54, 1.807) is 0 Å². The fourth-order valence-corrected chi connectivity index (χ4v) is 1.28. The van der Waals surface area contributed by atoms with Crippen LogP contribution in [0.1, 0.15) is 13.3 Å². The Morgan fingerprint density at radius 3 is 2.36 bits per heavy atom. The molecule has 0 spiro atoms. The van der Waals surface area contributed by atoms with E-state index < -0.39 is 0 Å². The molecule has 0 radical (unpaired) electrons. The van der Waals surface area contributed by atoms with E-state index in [-0.39, 0.29) is 35.8 Å². The van der Waals surface area contributed by atoms with Crippen LogP contribution in [0, 0.1) is 0 Å². The largest absolute Gasteiger partial charge is 0.356 e. The molecule has 7 heteroatoms. The van der Waals surface area contributed by atoms with Crippen molar-refractivity contribution in [3.63, 3.8) is 0 Å². The van der Waals surface area contributed by atoms with Crippen molar-refractivity contribution in [3.8, 4) is 0 Å². The number of amides is 1. The third-order valence-electron chi connectivity index (χ3n) is 1.09. The molecule has 0 aliphatic rings. The third kappa shape index (κ3) is 14.5. The molecule has 86 valence electrons. The van der Waals surface area contributed by atoms with Gasteiger partial charge in [0.2, 0.25) is 5.91 Å². The van der Waals surface area contributed by atoms with Crippen LogP contribution < -0.4 is 11.1 Å². The van der Waals surface area contributed by atoms with Gasteiger partial charge in [-0.3, -0.25) is 9.59 Å². The normalized spacial score (nSPS) is 8.14. The lowest BCUT2D eigenvalue weighted by Gasteiger charge is -2.00. The minimum atomic E-state index is -0.0677. The summed E-state index contributed by atoms with van der Waals surface area (Å²) >= 11 is 1.21. The van der Waals surface area contributed by atoms with Gasteiger partial charge in [0.15, 0.2) is 5.12 Å². The van der Waals surface area contributed by atoms with E-state index in [1.807, 2.05) is 0 Å². The number of carbonyl (C=O) groups excluding carboxylic acids is 2. The summed E-state index contributed by atoms with van der Waals surface area (Å²) in [6, 6.07) is 0. The number of hydrogen-bond donors (Lipinski definition) is 2. The number of nitrogens with one attached hydrogen (secondary N) is 1. The molecule has 0 aromatic rings. The van der Waals surface area contributed by atoms with Gasteiger partial charge in [0, 0.05) is 32.2 Å². The molecule has 0 aromatic heterocycles. The Bertz CT molecular complexity index is 170. The molecule has 0 bridgehead atoms. The van der Waals surface area contributed by atoms with E-state index in [0.29, 0.717) is 25.3 Å². The van der Waals surface area contributed by atoms with E-state index in [2.05, 4.69) is 5.32 Å².